The van der Waals surface area contributed by atoms with E-state index in [-0.39, 0.29) is 10.8 Å². The van der Waals surface area contributed by atoms with Crippen molar-refractivity contribution in [2.24, 2.45) is 0 Å². The topological polar surface area (TPSA) is 35.9 Å². The lowest BCUT2D eigenvalue weighted by atomic mass is 9.73. The van der Waals surface area contributed by atoms with Gasteiger partial charge in [0.2, 0.25) is 0 Å². The molecule has 11 aromatic rings. The summed E-state index contributed by atoms with van der Waals surface area (Å²) in [5, 5.41) is 2.35. The highest BCUT2D eigenvalue weighted by molar-refractivity contribution is 6.11. The van der Waals surface area contributed by atoms with Crippen LogP contribution in [0.2, 0.25) is 0 Å². The van der Waals surface area contributed by atoms with Crippen molar-refractivity contribution in [1.29, 1.82) is 0 Å². The van der Waals surface area contributed by atoms with E-state index >= 15 is 0 Å². The highest BCUT2D eigenvalue weighted by Gasteiger charge is 2.40. The predicted molar refractivity (Wildman–Crippen MR) is 323 cm³/mol. The molecule has 3 aromatic heterocycles. The number of fused-ring (bicyclic) bond motifs is 3. The van der Waals surface area contributed by atoms with E-state index in [2.05, 4.69) is 315 Å². The number of imidazole rings is 1. The highest BCUT2D eigenvalue weighted by atomic mass is 16.5. The molecule has 0 aliphatic rings. The van der Waals surface area contributed by atoms with Crippen LogP contribution in [0.4, 0.5) is 0 Å². The second-order valence-electron chi connectivity index (χ2n) is 24.8. The van der Waals surface area contributed by atoms with E-state index in [0.717, 1.165) is 56.5 Å². The lowest BCUT2D eigenvalue weighted by molar-refractivity contribution is -0.611. The minimum atomic E-state index is -0.523. The Kier molecular flexibility index (Phi) is 13.0. The Hall–Kier alpha value is -8.28. The van der Waals surface area contributed by atoms with Crippen molar-refractivity contribution >= 4 is 21.8 Å². The molecule has 5 heteroatoms. The van der Waals surface area contributed by atoms with E-state index in [1.54, 1.807) is 0 Å². The molecule has 5 nitrogen and oxygen atoms in total. The SMILES string of the molecule is CC(C)(C)c1cccc(-[n+]2[c-]n(-c3cc(Oc4cc(C(C)(C)c5ccccc5)c5c6ccccc6n(-c6cc(C(C)(C)C)ccn6)c5c4)cc(-c4ccccc4)c3)c(C(C)(C)c3ccccc3)c2C(C)(C)c2ccccc2)c1. The van der Waals surface area contributed by atoms with E-state index in [0.29, 0.717) is 5.75 Å². The van der Waals surface area contributed by atoms with Crippen LogP contribution >= 0.6 is 0 Å². The van der Waals surface area contributed by atoms with Crippen LogP contribution < -0.4 is 9.30 Å². The molecule has 3 heterocycles. The van der Waals surface area contributed by atoms with Crippen LogP contribution in [0.5, 0.6) is 11.5 Å². The standard InChI is InChI=1S/C73H72N4O/c1-69(2,3)55-36-27-37-57(44-55)75-49-76(68(73(11,12)54-34-23-16-24-35-54)67(75)72(9,10)53-32-21-15-22-33-53)58-42-51(50-28-17-13-18-29-50)43-59(46-58)78-60-47-62(71(7,8)52-30-19-14-20-31-52)66-61-38-25-26-39-63(61)77(64(66)48-60)65-45-56(40-41-74-65)70(4,5)6/h13-48H,1-12H3. The zero-order chi connectivity index (χ0) is 54.8. The molecule has 0 radical (unpaired) electrons. The molecule has 8 aromatic carbocycles. The monoisotopic (exact) mass is 1020 g/mol. The fraction of sp³-hybridized carbons (Fsp3) is 0.233. The summed E-state index contributed by atoms with van der Waals surface area (Å²) >= 11 is 0. The lowest BCUT2D eigenvalue weighted by Crippen LogP contribution is -2.43. The lowest BCUT2D eigenvalue weighted by Gasteiger charge is -2.35. The number of pyridine rings is 1. The van der Waals surface area contributed by atoms with Gasteiger partial charge in [-0.15, -0.1) is 0 Å². The van der Waals surface area contributed by atoms with Gasteiger partial charge in [0.15, 0.2) is 0 Å². The second-order valence-corrected chi connectivity index (χ2v) is 24.8. The summed E-state index contributed by atoms with van der Waals surface area (Å²) in [4.78, 5) is 5.10. The fourth-order valence-electron chi connectivity index (χ4n) is 11.6. The van der Waals surface area contributed by atoms with Crippen molar-refractivity contribution < 1.29 is 9.30 Å². The van der Waals surface area contributed by atoms with Gasteiger partial charge in [-0.25, -0.2) is 4.98 Å². The van der Waals surface area contributed by atoms with Gasteiger partial charge in [0, 0.05) is 39.3 Å². The van der Waals surface area contributed by atoms with E-state index in [4.69, 9.17) is 9.72 Å². The Morgan fingerprint density at radius 2 is 0.974 bits per heavy atom. The Balaban J connectivity index is 1.21. The van der Waals surface area contributed by atoms with E-state index in [9.17, 15) is 0 Å². The number of benzene rings is 8. The minimum absolute atomic E-state index is 0.0723. The zero-order valence-electron chi connectivity index (χ0n) is 47.5. The maximum Gasteiger partial charge on any atom is 0.269 e. The van der Waals surface area contributed by atoms with Crippen LogP contribution in [-0.2, 0) is 27.1 Å². The second kappa shape index (κ2) is 19.6. The van der Waals surface area contributed by atoms with Gasteiger partial charge < -0.3 is 4.74 Å². The smallest absolute Gasteiger partial charge is 0.269 e. The molecule has 390 valence electrons. The largest absolute Gasteiger partial charge is 0.458 e. The first-order chi connectivity index (χ1) is 37.2. The average Bonchev–Trinajstić information content (AvgIpc) is 4.12. The number of para-hydroxylation sites is 1. The molecule has 11 rings (SSSR count). The Labute approximate surface area is 462 Å². The van der Waals surface area contributed by atoms with Crippen LogP contribution in [0.25, 0.3) is 50.1 Å². The van der Waals surface area contributed by atoms with Crippen LogP contribution in [0, 0.1) is 6.33 Å². The molecular weight excluding hydrogens is 949 g/mol. The van der Waals surface area contributed by atoms with Gasteiger partial charge in [0.1, 0.15) is 17.3 Å². The van der Waals surface area contributed by atoms with E-state index in [1.807, 2.05) is 6.20 Å². The summed E-state index contributed by atoms with van der Waals surface area (Å²) in [5.74, 6) is 2.31. The highest BCUT2D eigenvalue weighted by Crippen LogP contribution is 2.47. The molecule has 0 saturated heterocycles. The van der Waals surface area contributed by atoms with Gasteiger partial charge in [-0.1, -0.05) is 235 Å². The van der Waals surface area contributed by atoms with Gasteiger partial charge in [-0.05, 0) is 110 Å². The molecule has 78 heavy (non-hydrogen) atoms. The summed E-state index contributed by atoms with van der Waals surface area (Å²) in [5.41, 5.74) is 14.2. The van der Waals surface area contributed by atoms with Gasteiger partial charge in [0.25, 0.3) is 6.33 Å². The summed E-state index contributed by atoms with van der Waals surface area (Å²) in [6.07, 6.45) is 6.03. The number of hydrogen-bond donors (Lipinski definition) is 0. The van der Waals surface area contributed by atoms with Gasteiger partial charge >= 0.3 is 0 Å². The number of aromatic nitrogens is 4. The van der Waals surface area contributed by atoms with E-state index < -0.39 is 16.2 Å². The predicted octanol–water partition coefficient (Wildman–Crippen LogP) is 18.1. The number of rotatable bonds is 12. The molecular formula is C73H72N4O. The maximum atomic E-state index is 7.50. The van der Waals surface area contributed by atoms with Crippen LogP contribution in [0.3, 0.4) is 0 Å². The van der Waals surface area contributed by atoms with Crippen molar-refractivity contribution in [2.45, 2.75) is 110 Å². The molecule has 0 aliphatic heterocycles. The summed E-state index contributed by atoms with van der Waals surface area (Å²) < 4.78 is 14.5. The molecule has 0 unspecified atom stereocenters. The van der Waals surface area contributed by atoms with Crippen LogP contribution in [-0.4, -0.2) is 14.1 Å². The number of ether oxygens (including phenoxy) is 1. The van der Waals surface area contributed by atoms with Crippen molar-refractivity contribution in [3.63, 3.8) is 0 Å². The molecule has 0 N–H and O–H groups in total. The first-order valence-corrected chi connectivity index (χ1v) is 27.5. The quantitative estimate of drug-likeness (QED) is 0.0903. The van der Waals surface area contributed by atoms with Gasteiger partial charge in [-0.2, -0.15) is 0 Å². The average molecular weight is 1020 g/mol. The third kappa shape index (κ3) is 9.44. The summed E-state index contributed by atoms with van der Waals surface area (Å²) in [7, 11) is 0. The van der Waals surface area contributed by atoms with Crippen LogP contribution in [0.15, 0.2) is 219 Å². The number of nitrogens with zero attached hydrogens (tertiary/aromatic N) is 4. The van der Waals surface area contributed by atoms with Gasteiger partial charge in [0.05, 0.1) is 33.8 Å². The third-order valence-corrected chi connectivity index (χ3v) is 16.3. The van der Waals surface area contributed by atoms with E-state index in [1.165, 1.54) is 44.2 Å². The third-order valence-electron chi connectivity index (χ3n) is 16.3. The zero-order valence-corrected chi connectivity index (χ0v) is 47.5. The normalized spacial score (nSPS) is 12.6. The first-order valence-electron chi connectivity index (χ1n) is 27.5. The molecule has 0 spiro atoms. The molecule has 0 fully saturated rings. The van der Waals surface area contributed by atoms with Crippen molar-refractivity contribution in [3.05, 3.63) is 270 Å². The molecule has 0 aliphatic carbocycles. The molecule has 0 amide bonds. The molecule has 0 bridgehead atoms. The van der Waals surface area contributed by atoms with Crippen molar-refractivity contribution in [3.8, 4) is 39.8 Å². The minimum Gasteiger partial charge on any atom is -0.458 e. The molecule has 0 saturated carbocycles. The Bertz CT molecular complexity index is 3960. The fourth-order valence-corrected chi connectivity index (χ4v) is 11.6. The van der Waals surface area contributed by atoms with Gasteiger partial charge in [-0.3, -0.25) is 13.7 Å². The summed E-state index contributed by atoms with van der Waals surface area (Å²) in [6.45, 7) is 27.7. The van der Waals surface area contributed by atoms with Crippen molar-refractivity contribution in [2.75, 3.05) is 0 Å². The summed E-state index contributed by atoms with van der Waals surface area (Å²) in [6, 6.07) is 76.7. The first kappa shape index (κ1) is 51.8. The molecule has 0 atom stereocenters. The maximum absolute atomic E-state index is 7.50. The Morgan fingerprint density at radius 3 is 1.60 bits per heavy atom. The Morgan fingerprint density at radius 1 is 0.436 bits per heavy atom. The number of hydrogen-bond acceptors (Lipinski definition) is 2. The van der Waals surface area contributed by atoms with Crippen molar-refractivity contribution in [1.82, 2.24) is 14.1 Å². The van der Waals surface area contributed by atoms with Crippen LogP contribution in [0.1, 0.15) is 128 Å².